The molecule has 0 aliphatic rings. The fraction of sp³-hybridized carbons (Fsp3) is 0.820. The van der Waals surface area contributed by atoms with Crippen molar-refractivity contribution >= 4 is 17.9 Å². The number of hydrogen-bond acceptors (Lipinski definition) is 6. The van der Waals surface area contributed by atoms with Gasteiger partial charge >= 0.3 is 17.9 Å². The summed E-state index contributed by atoms with van der Waals surface area (Å²) in [5, 5.41) is 0. The number of ether oxygens (including phenoxy) is 3. The van der Waals surface area contributed by atoms with Crippen LogP contribution in [0.15, 0.2) is 36.5 Å². The number of unbranched alkanes of at least 4 members (excludes halogenated alkanes) is 26. The Morgan fingerprint density at radius 1 is 0.375 bits per heavy atom. The second-order valence-corrected chi connectivity index (χ2v) is 16.0. The molecule has 0 aromatic rings. The Morgan fingerprint density at radius 3 is 1.09 bits per heavy atom. The molecule has 1 unspecified atom stereocenters. The molecule has 0 aliphatic heterocycles. The predicted molar refractivity (Wildman–Crippen MR) is 238 cm³/mol. The maximum Gasteiger partial charge on any atom is 0.306 e. The van der Waals surface area contributed by atoms with Crippen LogP contribution in [-0.4, -0.2) is 37.2 Å². The molecule has 0 bridgehead atoms. The van der Waals surface area contributed by atoms with Gasteiger partial charge in [0.15, 0.2) is 6.10 Å². The highest BCUT2D eigenvalue weighted by molar-refractivity contribution is 5.71. The maximum absolute atomic E-state index is 12.7. The van der Waals surface area contributed by atoms with E-state index in [1.54, 1.807) is 0 Å². The smallest absolute Gasteiger partial charge is 0.306 e. The molecule has 0 aromatic heterocycles. The van der Waals surface area contributed by atoms with Crippen LogP contribution in [0.5, 0.6) is 0 Å². The molecule has 326 valence electrons. The fourth-order valence-corrected chi connectivity index (χ4v) is 6.81. The Morgan fingerprint density at radius 2 is 0.696 bits per heavy atom. The first-order valence-electron chi connectivity index (χ1n) is 24.0. The summed E-state index contributed by atoms with van der Waals surface area (Å²) < 4.78 is 16.7. The molecule has 1 atom stereocenters. The average Bonchev–Trinajstić information content (AvgIpc) is 3.19. The summed E-state index contributed by atoms with van der Waals surface area (Å²) in [6, 6.07) is 0. The van der Waals surface area contributed by atoms with E-state index in [0.29, 0.717) is 19.3 Å². The van der Waals surface area contributed by atoms with Crippen LogP contribution in [0.3, 0.4) is 0 Å². The number of carbonyl (C=O) groups excluding carboxylic acids is 3. The van der Waals surface area contributed by atoms with E-state index in [1.807, 2.05) is 0 Å². The molecule has 0 amide bonds. The van der Waals surface area contributed by atoms with Gasteiger partial charge in [-0.25, -0.2) is 0 Å². The van der Waals surface area contributed by atoms with Crippen molar-refractivity contribution < 1.29 is 28.6 Å². The molecule has 56 heavy (non-hydrogen) atoms. The summed E-state index contributed by atoms with van der Waals surface area (Å²) in [4.78, 5) is 37.8. The lowest BCUT2D eigenvalue weighted by Gasteiger charge is -2.18. The average molecular weight is 787 g/mol. The van der Waals surface area contributed by atoms with Crippen molar-refractivity contribution in [3.8, 4) is 0 Å². The molecule has 0 N–H and O–H groups in total. The van der Waals surface area contributed by atoms with Crippen LogP contribution in [0.1, 0.15) is 245 Å². The van der Waals surface area contributed by atoms with Crippen LogP contribution in [0.4, 0.5) is 0 Å². The van der Waals surface area contributed by atoms with Crippen molar-refractivity contribution in [2.45, 2.75) is 252 Å². The van der Waals surface area contributed by atoms with Crippen molar-refractivity contribution in [3.05, 3.63) is 36.5 Å². The molecule has 0 fully saturated rings. The first kappa shape index (κ1) is 53.6. The molecule has 0 spiro atoms. The van der Waals surface area contributed by atoms with E-state index >= 15 is 0 Å². The maximum atomic E-state index is 12.7. The molecule has 6 nitrogen and oxygen atoms in total. The van der Waals surface area contributed by atoms with Crippen LogP contribution >= 0.6 is 0 Å². The standard InChI is InChI=1S/C50H90O6/c1-4-7-10-13-16-19-22-24-25-26-29-31-34-37-40-43-49(52)55-46-47(45-54-48(51)42-39-36-33-30-27-21-18-15-12-9-6-3)56-50(53)44-41-38-35-32-28-23-20-17-14-11-8-5-2/h7,10,16,19,24-25,47H,4-6,8-9,11-15,17-18,20-23,26-46H2,1-3H3/b10-7-,19-16-,25-24-. The van der Waals surface area contributed by atoms with Gasteiger partial charge in [-0.15, -0.1) is 0 Å². The van der Waals surface area contributed by atoms with Gasteiger partial charge in [0.2, 0.25) is 0 Å². The van der Waals surface area contributed by atoms with E-state index < -0.39 is 6.10 Å². The van der Waals surface area contributed by atoms with Crippen LogP contribution in [0.25, 0.3) is 0 Å². The summed E-state index contributed by atoms with van der Waals surface area (Å²) >= 11 is 0. The Labute approximate surface area is 346 Å². The SMILES string of the molecule is CC/C=C\C/C=C\C/C=C\CCCCCCCC(=O)OCC(COC(=O)CCCCCCCCCCCCC)OC(=O)CCCCCCCCCCCCCC. The number of esters is 3. The normalized spacial score (nSPS) is 12.3. The zero-order valence-electron chi connectivity index (χ0n) is 37.2. The molecule has 0 saturated heterocycles. The zero-order chi connectivity index (χ0) is 40.8. The molecule has 0 aliphatic carbocycles. The van der Waals surface area contributed by atoms with Gasteiger partial charge in [-0.3, -0.25) is 14.4 Å². The van der Waals surface area contributed by atoms with Crippen molar-refractivity contribution in [1.82, 2.24) is 0 Å². The zero-order valence-corrected chi connectivity index (χ0v) is 37.2. The first-order chi connectivity index (χ1) is 27.5. The van der Waals surface area contributed by atoms with E-state index in [4.69, 9.17) is 14.2 Å². The van der Waals surface area contributed by atoms with Crippen LogP contribution in [0, 0.1) is 0 Å². The first-order valence-corrected chi connectivity index (χ1v) is 24.0. The van der Waals surface area contributed by atoms with Crippen LogP contribution in [-0.2, 0) is 28.6 Å². The number of rotatable bonds is 43. The minimum absolute atomic E-state index is 0.0740. The molecule has 6 heteroatoms. The Kier molecular flexibility index (Phi) is 43.4. The Balaban J connectivity index is 4.37. The van der Waals surface area contributed by atoms with Gasteiger partial charge in [-0.05, 0) is 51.4 Å². The third kappa shape index (κ3) is 42.8. The minimum Gasteiger partial charge on any atom is -0.462 e. The van der Waals surface area contributed by atoms with E-state index in [-0.39, 0.29) is 31.1 Å². The van der Waals surface area contributed by atoms with Crippen molar-refractivity contribution in [2.75, 3.05) is 13.2 Å². The Bertz CT molecular complexity index is 953. The van der Waals surface area contributed by atoms with Crippen molar-refractivity contribution in [2.24, 2.45) is 0 Å². The lowest BCUT2D eigenvalue weighted by atomic mass is 10.0. The second-order valence-electron chi connectivity index (χ2n) is 16.0. The lowest BCUT2D eigenvalue weighted by molar-refractivity contribution is -0.167. The van der Waals surface area contributed by atoms with Crippen molar-refractivity contribution in [1.29, 1.82) is 0 Å². The van der Waals surface area contributed by atoms with E-state index in [2.05, 4.69) is 57.2 Å². The summed E-state index contributed by atoms with van der Waals surface area (Å²) in [7, 11) is 0. The second kappa shape index (κ2) is 45.3. The van der Waals surface area contributed by atoms with Gasteiger partial charge in [-0.1, -0.05) is 211 Å². The van der Waals surface area contributed by atoms with E-state index in [0.717, 1.165) is 96.3 Å². The topological polar surface area (TPSA) is 78.9 Å². The van der Waals surface area contributed by atoms with E-state index in [1.165, 1.54) is 109 Å². The number of carbonyl (C=O) groups is 3. The van der Waals surface area contributed by atoms with Gasteiger partial charge in [0, 0.05) is 19.3 Å². The van der Waals surface area contributed by atoms with Crippen LogP contribution < -0.4 is 0 Å². The van der Waals surface area contributed by atoms with Gasteiger partial charge in [-0.2, -0.15) is 0 Å². The van der Waals surface area contributed by atoms with Gasteiger partial charge in [0.25, 0.3) is 0 Å². The lowest BCUT2D eigenvalue weighted by Crippen LogP contribution is -2.30. The van der Waals surface area contributed by atoms with Gasteiger partial charge in [0.05, 0.1) is 0 Å². The molecule has 0 saturated carbocycles. The summed E-state index contributed by atoms with van der Waals surface area (Å²) in [5.74, 6) is -0.886. The number of hydrogen-bond donors (Lipinski definition) is 0. The summed E-state index contributed by atoms with van der Waals surface area (Å²) in [6.45, 7) is 6.51. The largest absolute Gasteiger partial charge is 0.462 e. The quantitative estimate of drug-likeness (QED) is 0.0265. The van der Waals surface area contributed by atoms with Crippen molar-refractivity contribution in [3.63, 3.8) is 0 Å². The highest BCUT2D eigenvalue weighted by Gasteiger charge is 2.19. The monoisotopic (exact) mass is 787 g/mol. The highest BCUT2D eigenvalue weighted by Crippen LogP contribution is 2.15. The number of allylic oxidation sites excluding steroid dienone is 6. The molecule has 0 rings (SSSR count). The summed E-state index contributed by atoms with van der Waals surface area (Å²) in [5.41, 5.74) is 0. The van der Waals surface area contributed by atoms with Gasteiger partial charge < -0.3 is 14.2 Å². The molecular weight excluding hydrogens is 697 g/mol. The molecule has 0 aromatic carbocycles. The van der Waals surface area contributed by atoms with Gasteiger partial charge in [0.1, 0.15) is 13.2 Å². The third-order valence-corrected chi connectivity index (χ3v) is 10.4. The molecule has 0 heterocycles. The van der Waals surface area contributed by atoms with Crippen LogP contribution in [0.2, 0.25) is 0 Å². The third-order valence-electron chi connectivity index (χ3n) is 10.4. The van der Waals surface area contributed by atoms with E-state index in [9.17, 15) is 14.4 Å². The predicted octanol–water partition coefficient (Wildman–Crippen LogP) is 15.4. The minimum atomic E-state index is -0.772. The molecule has 0 radical (unpaired) electrons. The summed E-state index contributed by atoms with van der Waals surface area (Å²) in [6.07, 6.45) is 51.2. The highest BCUT2D eigenvalue weighted by atomic mass is 16.6. The fourth-order valence-electron chi connectivity index (χ4n) is 6.81. The Hall–Kier alpha value is -2.37. The molecular formula is C50H90O6.